The van der Waals surface area contributed by atoms with Crippen LogP contribution in [0.5, 0.6) is 0 Å². The quantitative estimate of drug-likeness (QED) is 0.651. The Morgan fingerprint density at radius 2 is 2.38 bits per heavy atom. The van der Waals surface area contributed by atoms with Crippen LogP contribution in [-0.2, 0) is 6.42 Å². The van der Waals surface area contributed by atoms with Crippen molar-refractivity contribution in [1.82, 2.24) is 13.8 Å². The molecule has 2 amide bonds. The lowest BCUT2D eigenvalue weighted by atomic mass is 10.3. The molecule has 70 valence electrons. The molecule has 0 aliphatic rings. The van der Waals surface area contributed by atoms with E-state index in [-0.39, 0.29) is 6.03 Å². The van der Waals surface area contributed by atoms with Gasteiger partial charge in [-0.1, -0.05) is 6.07 Å². The van der Waals surface area contributed by atoms with E-state index in [0.29, 0.717) is 6.54 Å². The number of halogens is 1. The van der Waals surface area contributed by atoms with Crippen molar-refractivity contribution in [2.45, 2.75) is 6.42 Å². The molecule has 0 radical (unpaired) electrons. The second kappa shape index (κ2) is 5.74. The summed E-state index contributed by atoms with van der Waals surface area (Å²) in [4.78, 5) is 14.9. The fourth-order valence-electron chi connectivity index (χ4n) is 0.884. The summed E-state index contributed by atoms with van der Waals surface area (Å²) in [6.45, 7) is 0.603. The maximum Gasteiger partial charge on any atom is 0.323 e. The Morgan fingerprint density at radius 1 is 1.54 bits per heavy atom. The summed E-state index contributed by atoms with van der Waals surface area (Å²) in [5, 5.41) is 2.68. The number of carbonyl (C=O) groups excluding carboxylic acids is 1. The molecule has 13 heavy (non-hydrogen) atoms. The molecular weight excluding hydrogens is 281 g/mol. The van der Waals surface area contributed by atoms with Gasteiger partial charge in [-0.2, -0.15) is 0 Å². The van der Waals surface area contributed by atoms with E-state index in [9.17, 15) is 4.79 Å². The highest BCUT2D eigenvalue weighted by Gasteiger charge is 1.96. The van der Waals surface area contributed by atoms with Crippen LogP contribution >= 0.6 is 22.9 Å². The zero-order valence-electron chi connectivity index (χ0n) is 6.96. The summed E-state index contributed by atoms with van der Waals surface area (Å²) in [6, 6.07) is 5.57. The Kier molecular flexibility index (Phi) is 4.52. The van der Waals surface area contributed by atoms with E-state index in [1.165, 1.54) is 0 Å². The molecule has 1 rings (SSSR count). The first-order valence-corrected chi connectivity index (χ1v) is 4.95. The number of hydrogen-bond donors (Lipinski definition) is 2. The summed E-state index contributed by atoms with van der Waals surface area (Å²) >= 11 is 1.79. The zero-order valence-corrected chi connectivity index (χ0v) is 9.11. The molecule has 0 bridgehead atoms. The molecule has 5 heteroatoms. The highest BCUT2D eigenvalue weighted by Crippen LogP contribution is 1.92. The van der Waals surface area contributed by atoms with Crippen LogP contribution in [0.2, 0.25) is 0 Å². The molecule has 0 atom stereocenters. The van der Waals surface area contributed by atoms with Gasteiger partial charge in [-0.15, -0.1) is 0 Å². The molecule has 2 N–H and O–H groups in total. The Morgan fingerprint density at radius 3 is 3.00 bits per heavy atom. The number of amides is 2. The summed E-state index contributed by atoms with van der Waals surface area (Å²) in [7, 11) is 0. The highest BCUT2D eigenvalue weighted by atomic mass is 127. The predicted molar refractivity (Wildman–Crippen MR) is 58.5 cm³/mol. The monoisotopic (exact) mass is 291 g/mol. The third-order valence-corrected chi connectivity index (χ3v) is 1.97. The van der Waals surface area contributed by atoms with E-state index in [2.05, 4.69) is 13.8 Å². The molecule has 1 heterocycles. The van der Waals surface area contributed by atoms with E-state index >= 15 is 0 Å². The van der Waals surface area contributed by atoms with Gasteiger partial charge < -0.3 is 5.32 Å². The van der Waals surface area contributed by atoms with Crippen molar-refractivity contribution in [3.05, 3.63) is 30.1 Å². The minimum Gasteiger partial charge on any atom is -0.337 e. The van der Waals surface area contributed by atoms with Crippen LogP contribution < -0.4 is 8.85 Å². The summed E-state index contributed by atoms with van der Waals surface area (Å²) in [5.74, 6) is 0. The number of urea groups is 1. The van der Waals surface area contributed by atoms with Gasteiger partial charge in [-0.25, -0.2) is 4.79 Å². The van der Waals surface area contributed by atoms with E-state index in [4.69, 9.17) is 0 Å². The number of pyridine rings is 1. The average Bonchev–Trinajstić information content (AvgIpc) is 2.19. The van der Waals surface area contributed by atoms with Crippen molar-refractivity contribution in [1.29, 1.82) is 0 Å². The van der Waals surface area contributed by atoms with Crippen LogP contribution in [0.15, 0.2) is 24.4 Å². The molecular formula is C8H10IN3O. The van der Waals surface area contributed by atoms with E-state index in [1.54, 1.807) is 29.1 Å². The normalized spacial score (nSPS) is 9.31. The number of hydrogen-bond acceptors (Lipinski definition) is 2. The zero-order chi connectivity index (χ0) is 9.52. The van der Waals surface area contributed by atoms with Crippen molar-refractivity contribution >= 4 is 28.9 Å². The number of carbonyl (C=O) groups is 1. The number of rotatable bonds is 3. The maximum absolute atomic E-state index is 10.8. The van der Waals surface area contributed by atoms with Gasteiger partial charge in [0.05, 0.1) is 22.9 Å². The molecule has 0 fully saturated rings. The molecule has 0 unspecified atom stereocenters. The Hall–Kier alpha value is -0.850. The van der Waals surface area contributed by atoms with Gasteiger partial charge in [-0.05, 0) is 12.1 Å². The molecule has 0 spiro atoms. The number of nitrogens with zero attached hydrogens (tertiary/aromatic N) is 1. The van der Waals surface area contributed by atoms with E-state index < -0.39 is 0 Å². The fourth-order valence-corrected chi connectivity index (χ4v) is 1.07. The predicted octanol–water partition coefficient (Wildman–Crippen LogP) is 1.27. The minimum absolute atomic E-state index is 0.170. The first-order chi connectivity index (χ1) is 6.33. The van der Waals surface area contributed by atoms with Crippen molar-refractivity contribution in [2.75, 3.05) is 6.54 Å². The van der Waals surface area contributed by atoms with Crippen molar-refractivity contribution in [3.63, 3.8) is 0 Å². The molecule has 0 aliphatic carbocycles. The Labute approximate surface area is 90.6 Å². The van der Waals surface area contributed by atoms with Crippen LogP contribution in [0.1, 0.15) is 5.69 Å². The van der Waals surface area contributed by atoms with Gasteiger partial charge in [0, 0.05) is 24.9 Å². The average molecular weight is 291 g/mol. The van der Waals surface area contributed by atoms with Crippen LogP contribution in [0.25, 0.3) is 0 Å². The van der Waals surface area contributed by atoms with Crippen LogP contribution in [0.3, 0.4) is 0 Å². The summed E-state index contributed by atoms with van der Waals surface area (Å²) < 4.78 is 2.45. The van der Waals surface area contributed by atoms with E-state index in [0.717, 1.165) is 12.1 Å². The minimum atomic E-state index is -0.170. The van der Waals surface area contributed by atoms with Crippen molar-refractivity contribution in [2.24, 2.45) is 0 Å². The first-order valence-electron chi connectivity index (χ1n) is 3.87. The van der Waals surface area contributed by atoms with Crippen LogP contribution in [-0.4, -0.2) is 17.6 Å². The highest BCUT2D eigenvalue weighted by molar-refractivity contribution is 14.1. The molecule has 4 nitrogen and oxygen atoms in total. The number of nitrogens with one attached hydrogen (secondary N) is 2. The molecule has 0 saturated heterocycles. The van der Waals surface area contributed by atoms with Gasteiger partial charge >= 0.3 is 6.03 Å². The molecule has 1 aromatic rings. The fraction of sp³-hybridized carbons (Fsp3) is 0.250. The number of aromatic nitrogens is 1. The maximum atomic E-state index is 10.8. The standard InChI is InChI=1S/C8H10IN3O/c9-12-8(13)11-6-4-7-3-1-2-5-10-7/h1-3,5H,4,6H2,(H2,11,12,13). The first kappa shape index (κ1) is 10.2. The Balaban J connectivity index is 2.24. The summed E-state index contributed by atoms with van der Waals surface area (Å²) in [5.41, 5.74) is 0.983. The van der Waals surface area contributed by atoms with Gasteiger partial charge in [0.1, 0.15) is 0 Å². The van der Waals surface area contributed by atoms with Crippen LogP contribution in [0.4, 0.5) is 4.79 Å². The van der Waals surface area contributed by atoms with E-state index in [1.807, 2.05) is 18.2 Å². The van der Waals surface area contributed by atoms with Crippen LogP contribution in [0, 0.1) is 0 Å². The van der Waals surface area contributed by atoms with Crippen molar-refractivity contribution in [3.8, 4) is 0 Å². The second-order valence-corrected chi connectivity index (χ2v) is 2.96. The molecule has 0 aromatic carbocycles. The molecule has 0 saturated carbocycles. The lowest BCUT2D eigenvalue weighted by Gasteiger charge is -2.02. The van der Waals surface area contributed by atoms with Gasteiger partial charge in [-0.3, -0.25) is 8.51 Å². The third kappa shape index (κ3) is 4.07. The Bertz CT molecular complexity index is 265. The van der Waals surface area contributed by atoms with Gasteiger partial charge in [0.15, 0.2) is 0 Å². The topological polar surface area (TPSA) is 54.0 Å². The SMILES string of the molecule is O=C(NI)NCCc1ccccn1. The second-order valence-electron chi connectivity index (χ2n) is 2.42. The lowest BCUT2D eigenvalue weighted by Crippen LogP contribution is -2.31. The molecule has 1 aromatic heterocycles. The smallest absolute Gasteiger partial charge is 0.323 e. The molecule has 0 aliphatic heterocycles. The summed E-state index contributed by atoms with van der Waals surface area (Å²) in [6.07, 6.45) is 2.50. The van der Waals surface area contributed by atoms with Gasteiger partial charge in [0.25, 0.3) is 0 Å². The largest absolute Gasteiger partial charge is 0.337 e. The lowest BCUT2D eigenvalue weighted by molar-refractivity contribution is 0.247. The third-order valence-electron chi connectivity index (χ3n) is 1.48. The van der Waals surface area contributed by atoms with Gasteiger partial charge in [0.2, 0.25) is 0 Å². The van der Waals surface area contributed by atoms with Crippen molar-refractivity contribution < 1.29 is 4.79 Å².